The molecule has 0 spiro atoms. The van der Waals surface area contributed by atoms with E-state index in [1.54, 1.807) is 0 Å². The smallest absolute Gasteiger partial charge is 0.207 e. The van der Waals surface area contributed by atoms with Crippen molar-refractivity contribution in [1.29, 1.82) is 5.26 Å². The quantitative estimate of drug-likeness (QED) is 0.783. The first-order chi connectivity index (χ1) is 7.29. The van der Waals surface area contributed by atoms with Gasteiger partial charge in [0, 0.05) is 15.2 Å². The van der Waals surface area contributed by atoms with Gasteiger partial charge in [-0.3, -0.25) is 0 Å². The SMILES string of the molecule is N#Cc1c(S(=O)(=O)Cl)ccc(Br)c1C(F)F. The van der Waals surface area contributed by atoms with Crippen LogP contribution < -0.4 is 0 Å². The molecule has 86 valence electrons. The highest BCUT2D eigenvalue weighted by Crippen LogP contribution is 2.34. The molecule has 1 aromatic carbocycles. The van der Waals surface area contributed by atoms with Crippen molar-refractivity contribution in [2.75, 3.05) is 0 Å². The first kappa shape index (κ1) is 13.4. The molecule has 0 aliphatic rings. The van der Waals surface area contributed by atoms with Crippen molar-refractivity contribution in [1.82, 2.24) is 0 Å². The lowest BCUT2D eigenvalue weighted by Gasteiger charge is -2.08. The fraction of sp³-hybridized carbons (Fsp3) is 0.125. The fourth-order valence-electron chi connectivity index (χ4n) is 1.11. The van der Waals surface area contributed by atoms with Gasteiger partial charge < -0.3 is 0 Å². The van der Waals surface area contributed by atoms with E-state index in [0.717, 1.165) is 12.1 Å². The van der Waals surface area contributed by atoms with Crippen molar-refractivity contribution in [2.45, 2.75) is 11.3 Å². The maximum atomic E-state index is 12.6. The summed E-state index contributed by atoms with van der Waals surface area (Å²) in [5.41, 5.74) is -1.32. The van der Waals surface area contributed by atoms with Crippen LogP contribution in [0, 0.1) is 11.3 Å². The number of alkyl halides is 2. The Morgan fingerprint density at radius 2 is 2.00 bits per heavy atom. The molecule has 8 heteroatoms. The number of nitriles is 1. The minimum absolute atomic E-state index is 0.0388. The van der Waals surface area contributed by atoms with Crippen LogP contribution in [0.25, 0.3) is 0 Å². The summed E-state index contributed by atoms with van der Waals surface area (Å²) < 4.78 is 47.3. The lowest BCUT2D eigenvalue weighted by Crippen LogP contribution is -2.01. The third-order valence-corrected chi connectivity index (χ3v) is 3.80. The molecule has 1 aromatic rings. The summed E-state index contributed by atoms with van der Waals surface area (Å²) in [6, 6.07) is 3.52. The van der Waals surface area contributed by atoms with Crippen LogP contribution >= 0.6 is 26.6 Å². The third kappa shape index (κ3) is 2.51. The van der Waals surface area contributed by atoms with Gasteiger partial charge in [-0.2, -0.15) is 5.26 Å². The zero-order valence-electron chi connectivity index (χ0n) is 7.42. The van der Waals surface area contributed by atoms with E-state index >= 15 is 0 Å². The predicted molar refractivity (Wildman–Crippen MR) is 56.9 cm³/mol. The van der Waals surface area contributed by atoms with Crippen LogP contribution in [0.4, 0.5) is 8.78 Å². The van der Waals surface area contributed by atoms with Gasteiger partial charge in [0.1, 0.15) is 11.0 Å². The number of halogens is 4. The summed E-state index contributed by atoms with van der Waals surface area (Å²) in [5.74, 6) is 0. The van der Waals surface area contributed by atoms with Crippen molar-refractivity contribution >= 4 is 35.7 Å². The standard InChI is InChI=1S/C8H3BrClF2NO2S/c9-5-1-2-6(16(10,14)15)4(3-13)7(5)8(11)12/h1-2,8H. The Bertz CT molecular complexity index is 568. The number of nitrogens with zero attached hydrogens (tertiary/aromatic N) is 1. The molecule has 0 radical (unpaired) electrons. The maximum Gasteiger partial charge on any atom is 0.266 e. The van der Waals surface area contributed by atoms with Crippen molar-refractivity contribution < 1.29 is 17.2 Å². The van der Waals surface area contributed by atoms with E-state index in [9.17, 15) is 17.2 Å². The Kier molecular flexibility index (Phi) is 3.88. The van der Waals surface area contributed by atoms with Gasteiger partial charge in [0.25, 0.3) is 15.5 Å². The Morgan fingerprint density at radius 3 is 2.38 bits per heavy atom. The molecule has 0 aliphatic heterocycles. The summed E-state index contributed by atoms with van der Waals surface area (Å²) in [4.78, 5) is -0.616. The minimum Gasteiger partial charge on any atom is -0.207 e. The van der Waals surface area contributed by atoms with Crippen molar-refractivity contribution in [2.24, 2.45) is 0 Å². The highest BCUT2D eigenvalue weighted by atomic mass is 79.9. The van der Waals surface area contributed by atoms with Crippen LogP contribution in [-0.2, 0) is 9.05 Å². The molecule has 16 heavy (non-hydrogen) atoms. The molecule has 0 heterocycles. The Morgan fingerprint density at radius 1 is 1.44 bits per heavy atom. The normalized spacial score (nSPS) is 11.5. The van der Waals surface area contributed by atoms with Crippen molar-refractivity contribution in [3.63, 3.8) is 0 Å². The zero-order valence-corrected chi connectivity index (χ0v) is 10.6. The first-order valence-corrected chi connectivity index (χ1v) is 6.84. The molecule has 0 fully saturated rings. The summed E-state index contributed by atoms with van der Waals surface area (Å²) in [7, 11) is 0.810. The minimum atomic E-state index is -4.22. The zero-order chi connectivity index (χ0) is 12.5. The van der Waals surface area contributed by atoms with E-state index in [4.69, 9.17) is 15.9 Å². The summed E-state index contributed by atoms with van der Waals surface area (Å²) in [5, 5.41) is 8.71. The lowest BCUT2D eigenvalue weighted by atomic mass is 10.1. The van der Waals surface area contributed by atoms with Gasteiger partial charge in [-0.05, 0) is 12.1 Å². The van der Waals surface area contributed by atoms with Gasteiger partial charge in [-0.15, -0.1) is 0 Å². The molecule has 3 nitrogen and oxygen atoms in total. The molecule has 0 unspecified atom stereocenters. The van der Waals surface area contributed by atoms with E-state index in [0.29, 0.717) is 0 Å². The van der Waals surface area contributed by atoms with Gasteiger partial charge in [-0.25, -0.2) is 17.2 Å². The van der Waals surface area contributed by atoms with E-state index in [1.807, 2.05) is 0 Å². The van der Waals surface area contributed by atoms with E-state index in [2.05, 4.69) is 15.9 Å². The average Bonchev–Trinajstić information content (AvgIpc) is 2.14. The Hall–Kier alpha value is -0.710. The Labute approximate surface area is 103 Å². The van der Waals surface area contributed by atoms with Gasteiger partial charge in [0.15, 0.2) is 0 Å². The number of hydrogen-bond acceptors (Lipinski definition) is 3. The average molecular weight is 331 g/mol. The van der Waals surface area contributed by atoms with Crippen molar-refractivity contribution in [3.05, 3.63) is 27.7 Å². The van der Waals surface area contributed by atoms with Crippen molar-refractivity contribution in [3.8, 4) is 6.07 Å². The van der Waals surface area contributed by atoms with E-state index < -0.39 is 31.5 Å². The molecular weight excluding hydrogens is 328 g/mol. The van der Waals surface area contributed by atoms with Crippen LogP contribution in [0.2, 0.25) is 0 Å². The van der Waals surface area contributed by atoms with Gasteiger partial charge in [0.2, 0.25) is 0 Å². The van der Waals surface area contributed by atoms with Gasteiger partial charge >= 0.3 is 0 Å². The van der Waals surface area contributed by atoms with Gasteiger partial charge in [0.05, 0.1) is 11.1 Å². The highest BCUT2D eigenvalue weighted by molar-refractivity contribution is 9.10. The second-order valence-corrected chi connectivity index (χ2v) is 6.07. The van der Waals surface area contributed by atoms with Crippen LogP contribution in [0.3, 0.4) is 0 Å². The molecular formula is C8H3BrClF2NO2S. The molecule has 0 aromatic heterocycles. The molecule has 0 saturated heterocycles. The highest BCUT2D eigenvalue weighted by Gasteiger charge is 2.25. The predicted octanol–water partition coefficient (Wildman–Crippen LogP) is 3.19. The second kappa shape index (κ2) is 4.65. The lowest BCUT2D eigenvalue weighted by molar-refractivity contribution is 0.150. The molecule has 0 atom stereocenters. The van der Waals surface area contributed by atoms with Crippen LogP contribution in [-0.4, -0.2) is 8.42 Å². The molecule has 0 saturated carbocycles. The topological polar surface area (TPSA) is 57.9 Å². The monoisotopic (exact) mass is 329 g/mol. The van der Waals surface area contributed by atoms with E-state index in [1.165, 1.54) is 6.07 Å². The first-order valence-electron chi connectivity index (χ1n) is 3.74. The van der Waals surface area contributed by atoms with Crippen LogP contribution in [0.5, 0.6) is 0 Å². The number of hydrogen-bond donors (Lipinski definition) is 0. The maximum absolute atomic E-state index is 12.6. The fourth-order valence-corrected chi connectivity index (χ4v) is 2.63. The van der Waals surface area contributed by atoms with E-state index in [-0.39, 0.29) is 4.47 Å². The molecule has 0 bridgehead atoms. The van der Waals surface area contributed by atoms with Crippen LogP contribution in [0.1, 0.15) is 17.6 Å². The number of rotatable bonds is 2. The summed E-state index contributed by atoms with van der Waals surface area (Å²) in [6.07, 6.45) is -2.97. The van der Waals surface area contributed by atoms with Crippen LogP contribution in [0.15, 0.2) is 21.5 Å². The molecule has 0 amide bonds. The molecule has 0 N–H and O–H groups in total. The Balaban J connectivity index is 3.72. The third-order valence-electron chi connectivity index (χ3n) is 1.75. The second-order valence-electron chi connectivity index (χ2n) is 2.68. The largest absolute Gasteiger partial charge is 0.266 e. The summed E-state index contributed by atoms with van der Waals surface area (Å²) in [6.45, 7) is 0. The van der Waals surface area contributed by atoms with Gasteiger partial charge in [-0.1, -0.05) is 15.9 Å². The number of benzene rings is 1. The molecule has 0 aliphatic carbocycles. The summed E-state index contributed by atoms with van der Waals surface area (Å²) >= 11 is 2.82. The molecule has 1 rings (SSSR count).